The maximum absolute atomic E-state index is 13.5. The van der Waals surface area contributed by atoms with Crippen LogP contribution in [-0.2, 0) is 26.0 Å². The molecule has 33 heavy (non-hydrogen) atoms. The molecule has 0 aliphatic heterocycles. The van der Waals surface area contributed by atoms with Gasteiger partial charge in [0.25, 0.3) is 0 Å². The van der Waals surface area contributed by atoms with E-state index in [2.05, 4.69) is 5.32 Å². The molecular weight excluding hydrogens is 438 g/mol. The van der Waals surface area contributed by atoms with Crippen molar-refractivity contribution in [2.24, 2.45) is 0 Å². The predicted octanol–water partition coefficient (Wildman–Crippen LogP) is 3.22. The normalized spacial score (nSPS) is 13.1. The molecule has 180 valence electrons. The molecule has 2 aromatic rings. The molecule has 2 atom stereocenters. The van der Waals surface area contributed by atoms with E-state index < -0.39 is 22.0 Å². The summed E-state index contributed by atoms with van der Waals surface area (Å²) in [5.41, 5.74) is 1.45. The molecule has 8 heteroatoms. The van der Waals surface area contributed by atoms with Gasteiger partial charge < -0.3 is 10.2 Å². The summed E-state index contributed by atoms with van der Waals surface area (Å²) in [4.78, 5) is 28.0. The van der Waals surface area contributed by atoms with Crippen molar-refractivity contribution in [3.05, 3.63) is 66.2 Å². The van der Waals surface area contributed by atoms with E-state index in [0.29, 0.717) is 25.1 Å². The standard InChI is InChI=1S/C25H35N3O4S/c1-5-20(3)26-25(30)23(6-2)27(18-17-21-13-9-7-10-14-21)24(29)19-28(33(4,31)32)22-15-11-8-12-16-22/h7-16,20,23H,5-6,17-19H2,1-4H3,(H,26,30)/t20-,23+/m0/s1. The Bertz CT molecular complexity index is 997. The van der Waals surface area contributed by atoms with Crippen LogP contribution in [0.3, 0.4) is 0 Å². The lowest BCUT2D eigenvalue weighted by Gasteiger charge is -2.33. The minimum atomic E-state index is -3.70. The Morgan fingerprint density at radius 2 is 1.52 bits per heavy atom. The Morgan fingerprint density at radius 1 is 0.939 bits per heavy atom. The molecule has 0 aliphatic carbocycles. The molecule has 0 saturated heterocycles. The summed E-state index contributed by atoms with van der Waals surface area (Å²) in [5, 5.41) is 2.96. The van der Waals surface area contributed by atoms with Gasteiger partial charge in [-0.15, -0.1) is 0 Å². The first-order valence-corrected chi connectivity index (χ1v) is 13.2. The molecule has 2 rings (SSSR count). The van der Waals surface area contributed by atoms with E-state index in [9.17, 15) is 18.0 Å². The van der Waals surface area contributed by atoms with Crippen molar-refractivity contribution in [3.8, 4) is 0 Å². The molecular formula is C25H35N3O4S. The van der Waals surface area contributed by atoms with Crippen LogP contribution >= 0.6 is 0 Å². The zero-order valence-corrected chi connectivity index (χ0v) is 20.7. The minimum Gasteiger partial charge on any atom is -0.352 e. The van der Waals surface area contributed by atoms with E-state index in [0.717, 1.165) is 22.5 Å². The van der Waals surface area contributed by atoms with Gasteiger partial charge in [0.15, 0.2) is 0 Å². The van der Waals surface area contributed by atoms with Crippen molar-refractivity contribution in [1.29, 1.82) is 0 Å². The van der Waals surface area contributed by atoms with E-state index in [1.165, 1.54) is 4.90 Å². The largest absolute Gasteiger partial charge is 0.352 e. The van der Waals surface area contributed by atoms with Crippen molar-refractivity contribution in [1.82, 2.24) is 10.2 Å². The van der Waals surface area contributed by atoms with Gasteiger partial charge in [0.2, 0.25) is 21.8 Å². The molecule has 0 radical (unpaired) electrons. The van der Waals surface area contributed by atoms with Gasteiger partial charge in [0, 0.05) is 12.6 Å². The second-order valence-electron chi connectivity index (χ2n) is 8.17. The summed E-state index contributed by atoms with van der Waals surface area (Å²) >= 11 is 0. The van der Waals surface area contributed by atoms with Gasteiger partial charge in [-0.1, -0.05) is 62.4 Å². The van der Waals surface area contributed by atoms with Gasteiger partial charge in [-0.3, -0.25) is 13.9 Å². The summed E-state index contributed by atoms with van der Waals surface area (Å²) in [6.45, 7) is 5.69. The number of carbonyl (C=O) groups excluding carboxylic acids is 2. The third-order valence-electron chi connectivity index (χ3n) is 5.59. The zero-order chi connectivity index (χ0) is 24.4. The first-order chi connectivity index (χ1) is 15.7. The van der Waals surface area contributed by atoms with Gasteiger partial charge in [0.05, 0.1) is 11.9 Å². The first kappa shape index (κ1) is 26.4. The predicted molar refractivity (Wildman–Crippen MR) is 132 cm³/mol. The number of benzene rings is 2. The highest BCUT2D eigenvalue weighted by Crippen LogP contribution is 2.18. The average molecular weight is 474 g/mol. The van der Waals surface area contributed by atoms with Gasteiger partial charge >= 0.3 is 0 Å². The zero-order valence-electron chi connectivity index (χ0n) is 19.9. The third kappa shape index (κ3) is 7.89. The summed E-state index contributed by atoms with van der Waals surface area (Å²) in [6, 6.07) is 17.5. The van der Waals surface area contributed by atoms with Crippen molar-refractivity contribution >= 4 is 27.5 Å². The number of nitrogens with zero attached hydrogens (tertiary/aromatic N) is 2. The van der Waals surface area contributed by atoms with Crippen LogP contribution in [0, 0.1) is 0 Å². The van der Waals surface area contributed by atoms with Crippen LogP contribution in [0.25, 0.3) is 0 Å². The van der Waals surface area contributed by atoms with Gasteiger partial charge in [-0.25, -0.2) is 8.42 Å². The van der Waals surface area contributed by atoms with Crippen LogP contribution in [0.1, 0.15) is 39.2 Å². The Morgan fingerprint density at radius 3 is 2.03 bits per heavy atom. The molecule has 0 fully saturated rings. The van der Waals surface area contributed by atoms with E-state index in [-0.39, 0.29) is 18.5 Å². The van der Waals surface area contributed by atoms with Gasteiger partial charge in [0.1, 0.15) is 12.6 Å². The number of hydrogen-bond acceptors (Lipinski definition) is 4. The van der Waals surface area contributed by atoms with Crippen molar-refractivity contribution < 1.29 is 18.0 Å². The van der Waals surface area contributed by atoms with Gasteiger partial charge in [-0.05, 0) is 43.9 Å². The molecule has 2 aromatic carbocycles. The number of carbonyl (C=O) groups is 2. The maximum Gasteiger partial charge on any atom is 0.244 e. The SMILES string of the molecule is CC[C@H](C(=O)N[C@@H](C)CC)N(CCc1ccccc1)C(=O)CN(c1ccccc1)S(C)(=O)=O. The Balaban J connectivity index is 2.33. The van der Waals surface area contributed by atoms with E-state index in [4.69, 9.17) is 0 Å². The smallest absolute Gasteiger partial charge is 0.244 e. The van der Waals surface area contributed by atoms with Crippen LogP contribution in [0.2, 0.25) is 0 Å². The van der Waals surface area contributed by atoms with E-state index >= 15 is 0 Å². The number of hydrogen-bond donors (Lipinski definition) is 1. The highest BCUT2D eigenvalue weighted by molar-refractivity contribution is 7.92. The minimum absolute atomic E-state index is 0.0190. The summed E-state index contributed by atoms with van der Waals surface area (Å²) in [7, 11) is -3.70. The number of anilines is 1. The molecule has 0 unspecified atom stereocenters. The summed E-state index contributed by atoms with van der Waals surface area (Å²) < 4.78 is 26.1. The number of nitrogens with one attached hydrogen (secondary N) is 1. The fraction of sp³-hybridized carbons (Fsp3) is 0.440. The van der Waals surface area contributed by atoms with Crippen molar-refractivity contribution in [3.63, 3.8) is 0 Å². The topological polar surface area (TPSA) is 86.8 Å². The third-order valence-corrected chi connectivity index (χ3v) is 6.74. The lowest BCUT2D eigenvalue weighted by Crippen LogP contribution is -2.54. The first-order valence-electron chi connectivity index (χ1n) is 11.3. The molecule has 0 aromatic heterocycles. The molecule has 7 nitrogen and oxygen atoms in total. The molecule has 0 saturated carbocycles. The Labute approximate surface area is 197 Å². The summed E-state index contributed by atoms with van der Waals surface area (Å²) in [5.74, 6) is -0.634. The number of rotatable bonds is 12. The Hall–Kier alpha value is -2.87. The highest BCUT2D eigenvalue weighted by Gasteiger charge is 2.31. The lowest BCUT2D eigenvalue weighted by atomic mass is 10.1. The maximum atomic E-state index is 13.5. The van der Waals surface area contributed by atoms with E-state index in [1.54, 1.807) is 30.3 Å². The van der Waals surface area contributed by atoms with Crippen LogP contribution in [-0.4, -0.2) is 56.6 Å². The molecule has 2 amide bonds. The van der Waals surface area contributed by atoms with Crippen LogP contribution < -0.4 is 9.62 Å². The van der Waals surface area contributed by atoms with Crippen LogP contribution in [0.4, 0.5) is 5.69 Å². The fourth-order valence-corrected chi connectivity index (χ4v) is 4.39. The molecule has 0 bridgehead atoms. The Kier molecular flexibility index (Phi) is 9.91. The van der Waals surface area contributed by atoms with E-state index in [1.807, 2.05) is 51.1 Å². The number of amides is 2. The van der Waals surface area contributed by atoms with Crippen LogP contribution in [0.5, 0.6) is 0 Å². The van der Waals surface area contributed by atoms with Gasteiger partial charge in [-0.2, -0.15) is 0 Å². The number of sulfonamides is 1. The molecule has 0 aliphatic rings. The number of para-hydroxylation sites is 1. The molecule has 0 heterocycles. The summed E-state index contributed by atoms with van der Waals surface area (Å²) in [6.07, 6.45) is 2.83. The molecule has 1 N–H and O–H groups in total. The quantitative estimate of drug-likeness (QED) is 0.513. The molecule has 0 spiro atoms. The monoisotopic (exact) mass is 473 g/mol. The van der Waals surface area contributed by atoms with Crippen molar-refractivity contribution in [2.75, 3.05) is 23.7 Å². The second-order valence-corrected chi connectivity index (χ2v) is 10.1. The van der Waals surface area contributed by atoms with Crippen LogP contribution in [0.15, 0.2) is 60.7 Å². The fourth-order valence-electron chi connectivity index (χ4n) is 3.54. The van der Waals surface area contributed by atoms with Crippen molar-refractivity contribution in [2.45, 2.75) is 52.1 Å². The highest BCUT2D eigenvalue weighted by atomic mass is 32.2. The average Bonchev–Trinajstić information content (AvgIpc) is 2.80. The second kappa shape index (κ2) is 12.4. The lowest BCUT2D eigenvalue weighted by molar-refractivity contribution is -0.139.